The number of hydrogen-bond acceptors (Lipinski definition) is 4. The largest absolute Gasteiger partial charge is 0.268 e. The van der Waals surface area contributed by atoms with Gasteiger partial charge in [0.25, 0.3) is 5.56 Å². The normalized spacial score (nSPS) is 10.8. The number of fused-ring (bicyclic) bond motifs is 1. The second kappa shape index (κ2) is 6.50. The van der Waals surface area contributed by atoms with Crippen LogP contribution in [0.25, 0.3) is 15.9 Å². The highest BCUT2D eigenvalue weighted by Gasteiger charge is 2.13. The van der Waals surface area contributed by atoms with E-state index in [-0.39, 0.29) is 5.56 Å². The van der Waals surface area contributed by atoms with Crippen molar-refractivity contribution in [2.45, 2.75) is 19.0 Å². The summed E-state index contributed by atoms with van der Waals surface area (Å²) in [4.78, 5) is 18.3. The molecule has 3 rings (SSSR count). The zero-order valence-corrected chi connectivity index (χ0v) is 14.1. The molecule has 0 unspecified atom stereocenters. The minimum absolute atomic E-state index is 0.00264. The average Bonchev–Trinajstić information content (AvgIpc) is 2.97. The van der Waals surface area contributed by atoms with Crippen molar-refractivity contribution in [3.63, 3.8) is 0 Å². The zero-order chi connectivity index (χ0) is 15.5. The Morgan fingerprint density at radius 1 is 1.27 bits per heavy atom. The molecule has 0 aliphatic rings. The molecule has 0 atom stereocenters. The standard InChI is InChI=1S/C17H16N2OS2/c1-12(2)8-10-22-17-18-15-14(9-11-21-15)16(20)19(17)13-6-4-3-5-7-13/h3-9,11H,10H2,1-2H3. The first kappa shape index (κ1) is 15.1. The molecular formula is C17H16N2OS2. The number of thioether (sulfide) groups is 1. The van der Waals surface area contributed by atoms with Gasteiger partial charge in [-0.25, -0.2) is 4.98 Å². The molecular weight excluding hydrogens is 312 g/mol. The van der Waals surface area contributed by atoms with E-state index in [2.05, 4.69) is 24.9 Å². The van der Waals surface area contributed by atoms with Crippen LogP contribution in [0, 0.1) is 0 Å². The number of allylic oxidation sites excluding steroid dienone is 1. The van der Waals surface area contributed by atoms with E-state index in [4.69, 9.17) is 0 Å². The smallest absolute Gasteiger partial charge is 0.267 e. The van der Waals surface area contributed by atoms with Gasteiger partial charge in [-0.15, -0.1) is 11.3 Å². The molecule has 3 nitrogen and oxygen atoms in total. The Hall–Kier alpha value is -1.85. The van der Waals surface area contributed by atoms with Gasteiger partial charge in [0.2, 0.25) is 0 Å². The van der Waals surface area contributed by atoms with Crippen molar-refractivity contribution in [3.8, 4) is 5.69 Å². The Labute approximate surface area is 137 Å². The lowest BCUT2D eigenvalue weighted by atomic mass is 10.3. The van der Waals surface area contributed by atoms with E-state index >= 15 is 0 Å². The third-order valence-electron chi connectivity index (χ3n) is 3.19. The van der Waals surface area contributed by atoms with Crippen LogP contribution in [0.15, 0.2) is 63.4 Å². The number of rotatable bonds is 4. The molecule has 0 aliphatic heterocycles. The monoisotopic (exact) mass is 328 g/mol. The van der Waals surface area contributed by atoms with Gasteiger partial charge >= 0.3 is 0 Å². The molecule has 112 valence electrons. The molecule has 2 heterocycles. The van der Waals surface area contributed by atoms with Crippen LogP contribution >= 0.6 is 23.1 Å². The Morgan fingerprint density at radius 2 is 2.05 bits per heavy atom. The van der Waals surface area contributed by atoms with E-state index < -0.39 is 0 Å². The van der Waals surface area contributed by atoms with Gasteiger partial charge in [0.15, 0.2) is 5.16 Å². The lowest BCUT2D eigenvalue weighted by molar-refractivity contribution is 0.823. The maximum atomic E-state index is 12.8. The van der Waals surface area contributed by atoms with Crippen molar-refractivity contribution in [2.75, 3.05) is 5.75 Å². The van der Waals surface area contributed by atoms with Crippen molar-refractivity contribution in [1.29, 1.82) is 0 Å². The summed E-state index contributed by atoms with van der Waals surface area (Å²) in [5.41, 5.74) is 2.11. The van der Waals surface area contributed by atoms with Crippen molar-refractivity contribution in [3.05, 3.63) is 63.8 Å². The van der Waals surface area contributed by atoms with Crippen LogP contribution in [0.1, 0.15) is 13.8 Å². The number of para-hydroxylation sites is 1. The summed E-state index contributed by atoms with van der Waals surface area (Å²) >= 11 is 3.09. The predicted octanol–water partition coefficient (Wildman–Crippen LogP) is 4.51. The first-order valence-corrected chi connectivity index (χ1v) is 8.85. The zero-order valence-electron chi connectivity index (χ0n) is 12.4. The van der Waals surface area contributed by atoms with E-state index in [1.165, 1.54) is 16.9 Å². The van der Waals surface area contributed by atoms with E-state index in [0.29, 0.717) is 5.39 Å². The van der Waals surface area contributed by atoms with Crippen LogP contribution in [-0.4, -0.2) is 15.3 Å². The minimum Gasteiger partial charge on any atom is -0.268 e. The number of benzene rings is 1. The third-order valence-corrected chi connectivity index (χ3v) is 4.86. The summed E-state index contributed by atoms with van der Waals surface area (Å²) < 4.78 is 1.71. The van der Waals surface area contributed by atoms with Crippen LogP contribution in [0.3, 0.4) is 0 Å². The Balaban J connectivity index is 2.16. The molecule has 5 heteroatoms. The molecule has 0 N–H and O–H groups in total. The van der Waals surface area contributed by atoms with Gasteiger partial charge in [0.05, 0.1) is 11.1 Å². The van der Waals surface area contributed by atoms with Crippen LogP contribution in [0.4, 0.5) is 0 Å². The average molecular weight is 328 g/mol. The molecule has 0 saturated heterocycles. The predicted molar refractivity (Wildman–Crippen MR) is 95.4 cm³/mol. The topological polar surface area (TPSA) is 34.9 Å². The molecule has 1 aromatic carbocycles. The van der Waals surface area contributed by atoms with Gasteiger partial charge < -0.3 is 0 Å². The van der Waals surface area contributed by atoms with Crippen molar-refractivity contribution in [2.24, 2.45) is 0 Å². The van der Waals surface area contributed by atoms with Gasteiger partial charge in [-0.3, -0.25) is 9.36 Å². The molecule has 0 spiro atoms. The lowest BCUT2D eigenvalue weighted by Crippen LogP contribution is -2.21. The number of aromatic nitrogens is 2. The molecule has 22 heavy (non-hydrogen) atoms. The summed E-state index contributed by atoms with van der Waals surface area (Å²) in [5.74, 6) is 0.804. The van der Waals surface area contributed by atoms with Crippen LogP contribution in [0.5, 0.6) is 0 Å². The Bertz CT molecular complexity index is 875. The van der Waals surface area contributed by atoms with Crippen LogP contribution < -0.4 is 5.56 Å². The molecule has 2 aromatic heterocycles. The Kier molecular flexibility index (Phi) is 4.45. The number of hydrogen-bond donors (Lipinski definition) is 0. The number of nitrogens with zero attached hydrogens (tertiary/aromatic N) is 2. The summed E-state index contributed by atoms with van der Waals surface area (Å²) in [7, 11) is 0. The van der Waals surface area contributed by atoms with Gasteiger partial charge in [-0.05, 0) is 37.4 Å². The Morgan fingerprint density at radius 3 is 2.77 bits per heavy atom. The first-order chi connectivity index (χ1) is 10.7. The SMILES string of the molecule is CC(C)=CCSc1nc2sccc2c(=O)n1-c1ccccc1. The number of thiophene rings is 1. The molecule has 0 saturated carbocycles. The van der Waals surface area contributed by atoms with Crippen LogP contribution in [0.2, 0.25) is 0 Å². The van der Waals surface area contributed by atoms with E-state index in [1.54, 1.807) is 16.3 Å². The first-order valence-electron chi connectivity index (χ1n) is 6.98. The van der Waals surface area contributed by atoms with Crippen LogP contribution in [-0.2, 0) is 0 Å². The second-order valence-corrected chi connectivity index (χ2v) is 6.98. The van der Waals surface area contributed by atoms with Gasteiger partial charge in [-0.1, -0.05) is 41.6 Å². The highest BCUT2D eigenvalue weighted by Crippen LogP contribution is 2.23. The fourth-order valence-corrected chi connectivity index (χ4v) is 3.93. The van der Waals surface area contributed by atoms with E-state index in [1.807, 2.05) is 41.8 Å². The van der Waals surface area contributed by atoms with Gasteiger partial charge in [0, 0.05) is 5.75 Å². The van der Waals surface area contributed by atoms with E-state index in [0.717, 1.165) is 21.4 Å². The fraction of sp³-hybridized carbons (Fsp3) is 0.176. The highest BCUT2D eigenvalue weighted by molar-refractivity contribution is 7.99. The third kappa shape index (κ3) is 3.00. The summed E-state index contributed by atoms with van der Waals surface area (Å²) in [6, 6.07) is 11.5. The van der Waals surface area contributed by atoms with Crippen molar-refractivity contribution >= 4 is 33.3 Å². The second-order valence-electron chi connectivity index (χ2n) is 5.10. The maximum absolute atomic E-state index is 12.8. The highest BCUT2D eigenvalue weighted by atomic mass is 32.2. The van der Waals surface area contributed by atoms with Crippen molar-refractivity contribution in [1.82, 2.24) is 9.55 Å². The minimum atomic E-state index is -0.00264. The molecule has 0 bridgehead atoms. The summed E-state index contributed by atoms with van der Waals surface area (Å²) in [6.45, 7) is 4.14. The van der Waals surface area contributed by atoms with Gasteiger partial charge in [-0.2, -0.15) is 0 Å². The lowest BCUT2D eigenvalue weighted by Gasteiger charge is -2.11. The summed E-state index contributed by atoms with van der Waals surface area (Å²) in [5, 5.41) is 3.34. The summed E-state index contributed by atoms with van der Waals surface area (Å²) in [6.07, 6.45) is 2.14. The molecule has 0 fully saturated rings. The van der Waals surface area contributed by atoms with Crippen molar-refractivity contribution < 1.29 is 0 Å². The van der Waals surface area contributed by atoms with Gasteiger partial charge in [0.1, 0.15) is 4.83 Å². The fourth-order valence-electron chi connectivity index (χ4n) is 2.08. The molecule has 0 aliphatic carbocycles. The molecule has 0 radical (unpaired) electrons. The maximum Gasteiger partial charge on any atom is 0.267 e. The molecule has 3 aromatic rings. The quantitative estimate of drug-likeness (QED) is 0.402. The van der Waals surface area contributed by atoms with E-state index in [9.17, 15) is 4.79 Å². The molecule has 0 amide bonds.